The molecular formula is C18H16ClN5O2S. The van der Waals surface area contributed by atoms with Gasteiger partial charge in [0.2, 0.25) is 0 Å². The number of aryl methyl sites for hydroxylation is 1. The van der Waals surface area contributed by atoms with Crippen molar-refractivity contribution in [2.24, 2.45) is 0 Å². The van der Waals surface area contributed by atoms with Crippen molar-refractivity contribution in [3.63, 3.8) is 0 Å². The van der Waals surface area contributed by atoms with Crippen LogP contribution < -0.4 is 4.74 Å². The summed E-state index contributed by atoms with van der Waals surface area (Å²) in [6.07, 6.45) is 1.60. The molecule has 0 saturated carbocycles. The first-order valence-electron chi connectivity index (χ1n) is 8.18. The van der Waals surface area contributed by atoms with Crippen molar-refractivity contribution in [1.82, 2.24) is 24.5 Å². The molecule has 0 aliphatic carbocycles. The van der Waals surface area contributed by atoms with Crippen molar-refractivity contribution in [1.29, 1.82) is 0 Å². The molecule has 0 unspecified atom stereocenters. The van der Waals surface area contributed by atoms with Gasteiger partial charge in [0.15, 0.2) is 11.5 Å². The van der Waals surface area contributed by atoms with Gasteiger partial charge in [-0.25, -0.2) is 14.5 Å². The molecule has 0 atom stereocenters. The summed E-state index contributed by atoms with van der Waals surface area (Å²) < 4.78 is 7.33. The van der Waals surface area contributed by atoms with Gasteiger partial charge in [-0.1, -0.05) is 23.7 Å². The molecule has 27 heavy (non-hydrogen) atoms. The van der Waals surface area contributed by atoms with Crippen LogP contribution >= 0.6 is 22.9 Å². The molecule has 3 heterocycles. The summed E-state index contributed by atoms with van der Waals surface area (Å²) >= 11 is 7.47. The van der Waals surface area contributed by atoms with Crippen molar-refractivity contribution in [3.8, 4) is 5.75 Å². The molecule has 0 spiro atoms. The number of carbonyl (C=O) groups excluding carboxylic acids is 1. The zero-order valence-corrected chi connectivity index (χ0v) is 16.5. The number of fused-ring (bicyclic) bond motifs is 3. The van der Waals surface area contributed by atoms with Crippen LogP contribution in [-0.4, -0.2) is 44.5 Å². The Morgan fingerprint density at radius 1 is 1.33 bits per heavy atom. The monoisotopic (exact) mass is 401 g/mol. The number of benzene rings is 1. The van der Waals surface area contributed by atoms with E-state index in [0.717, 1.165) is 15.8 Å². The number of rotatable bonds is 4. The van der Waals surface area contributed by atoms with Gasteiger partial charge in [0.1, 0.15) is 23.5 Å². The van der Waals surface area contributed by atoms with E-state index >= 15 is 0 Å². The molecule has 0 aliphatic heterocycles. The fourth-order valence-electron chi connectivity index (χ4n) is 2.75. The summed E-state index contributed by atoms with van der Waals surface area (Å²) in [6, 6.07) is 7.25. The molecule has 1 aromatic carbocycles. The van der Waals surface area contributed by atoms with Crippen LogP contribution in [0.2, 0.25) is 5.02 Å². The fraction of sp³-hybridized carbons (Fsp3) is 0.222. The van der Waals surface area contributed by atoms with E-state index in [1.54, 1.807) is 42.0 Å². The van der Waals surface area contributed by atoms with E-state index in [1.807, 2.05) is 19.1 Å². The van der Waals surface area contributed by atoms with Gasteiger partial charge in [-0.15, -0.1) is 16.4 Å². The number of nitrogens with zero attached hydrogens (tertiary/aromatic N) is 5. The van der Waals surface area contributed by atoms with Crippen molar-refractivity contribution in [2.45, 2.75) is 13.5 Å². The second-order valence-electron chi connectivity index (χ2n) is 6.20. The van der Waals surface area contributed by atoms with E-state index in [0.29, 0.717) is 27.1 Å². The van der Waals surface area contributed by atoms with Gasteiger partial charge < -0.3 is 9.64 Å². The summed E-state index contributed by atoms with van der Waals surface area (Å²) in [5.74, 6) is 1.04. The Labute approximate surface area is 164 Å². The lowest BCUT2D eigenvalue weighted by Crippen LogP contribution is -2.21. The van der Waals surface area contributed by atoms with Gasteiger partial charge in [-0.3, -0.25) is 4.79 Å². The summed E-state index contributed by atoms with van der Waals surface area (Å²) in [4.78, 5) is 24.4. The predicted octanol–water partition coefficient (Wildman–Crippen LogP) is 3.58. The van der Waals surface area contributed by atoms with Crippen LogP contribution in [0.25, 0.3) is 15.9 Å². The van der Waals surface area contributed by atoms with Crippen LogP contribution in [0.4, 0.5) is 0 Å². The molecule has 138 valence electrons. The maximum Gasteiger partial charge on any atom is 0.263 e. The van der Waals surface area contributed by atoms with Crippen molar-refractivity contribution in [2.75, 3.05) is 14.1 Å². The van der Waals surface area contributed by atoms with Crippen LogP contribution in [-0.2, 0) is 6.61 Å². The smallest absolute Gasteiger partial charge is 0.263 e. The topological polar surface area (TPSA) is 72.6 Å². The number of thiophene rings is 1. The van der Waals surface area contributed by atoms with Crippen LogP contribution in [0, 0.1) is 6.92 Å². The zero-order valence-electron chi connectivity index (χ0n) is 14.9. The highest BCUT2D eigenvalue weighted by Crippen LogP contribution is 2.32. The van der Waals surface area contributed by atoms with Gasteiger partial charge in [0, 0.05) is 14.1 Å². The fourth-order valence-corrected chi connectivity index (χ4v) is 4.11. The minimum atomic E-state index is -0.0459. The number of carbonyl (C=O) groups is 1. The minimum Gasteiger partial charge on any atom is -0.484 e. The molecule has 0 radical (unpaired) electrons. The average Bonchev–Trinajstić information content (AvgIpc) is 3.21. The van der Waals surface area contributed by atoms with E-state index in [9.17, 15) is 4.79 Å². The first-order valence-corrected chi connectivity index (χ1v) is 9.37. The maximum absolute atomic E-state index is 12.4. The normalized spacial score (nSPS) is 11.3. The highest BCUT2D eigenvalue weighted by atomic mass is 35.5. The highest BCUT2D eigenvalue weighted by Gasteiger charge is 2.21. The second kappa shape index (κ2) is 6.79. The zero-order chi connectivity index (χ0) is 19.1. The average molecular weight is 402 g/mol. The number of amides is 1. The lowest BCUT2D eigenvalue weighted by atomic mass is 10.2. The largest absolute Gasteiger partial charge is 0.484 e. The Morgan fingerprint density at radius 3 is 2.85 bits per heavy atom. The van der Waals surface area contributed by atoms with Gasteiger partial charge in [0.05, 0.1) is 15.3 Å². The molecule has 0 N–H and O–H groups in total. The lowest BCUT2D eigenvalue weighted by molar-refractivity contribution is 0.0831. The minimum absolute atomic E-state index is 0.0459. The van der Waals surface area contributed by atoms with E-state index in [4.69, 9.17) is 16.3 Å². The van der Waals surface area contributed by atoms with Gasteiger partial charge in [-0.05, 0) is 24.6 Å². The first-order chi connectivity index (χ1) is 13.0. The predicted molar refractivity (Wildman–Crippen MR) is 105 cm³/mol. The van der Waals surface area contributed by atoms with E-state index in [2.05, 4.69) is 15.1 Å². The quantitative estimate of drug-likeness (QED) is 0.522. The lowest BCUT2D eigenvalue weighted by Gasteiger charge is -2.08. The molecule has 3 aromatic heterocycles. The van der Waals surface area contributed by atoms with E-state index < -0.39 is 0 Å². The Morgan fingerprint density at radius 2 is 2.11 bits per heavy atom. The molecule has 9 heteroatoms. The summed E-state index contributed by atoms with van der Waals surface area (Å²) in [7, 11) is 3.47. The molecular weight excluding hydrogens is 386 g/mol. The Balaban J connectivity index is 1.72. The Kier molecular flexibility index (Phi) is 4.45. The summed E-state index contributed by atoms with van der Waals surface area (Å²) in [5, 5.41) is 5.79. The molecule has 0 aliphatic rings. The second-order valence-corrected chi connectivity index (χ2v) is 7.60. The third-order valence-electron chi connectivity index (χ3n) is 4.11. The number of para-hydroxylation sites is 1. The highest BCUT2D eigenvalue weighted by molar-refractivity contribution is 7.20. The van der Waals surface area contributed by atoms with E-state index in [1.165, 1.54) is 11.3 Å². The Hall–Kier alpha value is -2.71. The molecule has 4 rings (SSSR count). The number of hydrogen-bond donors (Lipinski definition) is 0. The molecule has 4 aromatic rings. The number of ether oxygens (including phenoxy) is 1. The third kappa shape index (κ3) is 3.11. The van der Waals surface area contributed by atoms with Crippen LogP contribution in [0.1, 0.15) is 21.1 Å². The number of halogens is 1. The van der Waals surface area contributed by atoms with Crippen LogP contribution in [0.5, 0.6) is 5.75 Å². The molecule has 7 nitrogen and oxygen atoms in total. The third-order valence-corrected chi connectivity index (χ3v) is 5.61. The number of hydrogen-bond acceptors (Lipinski definition) is 6. The van der Waals surface area contributed by atoms with Gasteiger partial charge in [-0.2, -0.15) is 0 Å². The van der Waals surface area contributed by atoms with Crippen LogP contribution in [0.3, 0.4) is 0 Å². The summed E-state index contributed by atoms with van der Waals surface area (Å²) in [5.41, 5.74) is 1.52. The maximum atomic E-state index is 12.4. The molecule has 0 fully saturated rings. The standard InChI is InChI=1S/C18H16ClN5O2S/c1-10-14-16-21-13(8-26-12-7-5-4-6-11(12)19)22-24(16)9-20-17(14)27-15(10)18(25)23(2)3/h4-7,9H,8H2,1-3H3. The SMILES string of the molecule is Cc1c(C(=O)N(C)C)sc2ncn3nc(COc4ccccc4Cl)nc3c12. The van der Waals surface area contributed by atoms with Crippen molar-refractivity contribution in [3.05, 3.63) is 51.9 Å². The van der Waals surface area contributed by atoms with Crippen molar-refractivity contribution < 1.29 is 9.53 Å². The van der Waals surface area contributed by atoms with Gasteiger partial charge in [0.25, 0.3) is 5.91 Å². The molecule has 0 saturated heterocycles. The van der Waals surface area contributed by atoms with Crippen molar-refractivity contribution >= 4 is 44.7 Å². The summed E-state index contributed by atoms with van der Waals surface area (Å²) in [6.45, 7) is 2.09. The number of aromatic nitrogens is 4. The molecule has 0 bridgehead atoms. The molecule has 1 amide bonds. The van der Waals surface area contributed by atoms with Gasteiger partial charge >= 0.3 is 0 Å². The first kappa shape index (κ1) is 17.7. The van der Waals surface area contributed by atoms with E-state index in [-0.39, 0.29) is 12.5 Å². The van der Waals surface area contributed by atoms with Crippen LogP contribution in [0.15, 0.2) is 30.6 Å². The Bertz CT molecular complexity index is 1170.